The number of carbonyl (C=O) groups excluding carboxylic acids is 2. The van der Waals surface area contributed by atoms with Gasteiger partial charge in [-0.1, -0.05) is 11.8 Å². The van der Waals surface area contributed by atoms with Crippen LogP contribution in [0.2, 0.25) is 0 Å². The van der Waals surface area contributed by atoms with Crippen LogP contribution in [0.3, 0.4) is 0 Å². The van der Waals surface area contributed by atoms with Crippen LogP contribution in [0, 0.1) is 17.5 Å². The zero-order chi connectivity index (χ0) is 20.1. The van der Waals surface area contributed by atoms with Crippen molar-refractivity contribution < 1.29 is 22.8 Å². The number of halogens is 3. The third-order valence-electron chi connectivity index (χ3n) is 3.13. The first kappa shape index (κ1) is 20.3. The molecule has 2 aromatic rings. The summed E-state index contributed by atoms with van der Waals surface area (Å²) in [7, 11) is 0. The second-order valence-electron chi connectivity index (χ2n) is 5.22. The zero-order valence-electron chi connectivity index (χ0n) is 13.8. The number of thioether (sulfide) groups is 1. The van der Waals surface area contributed by atoms with Crippen LogP contribution in [-0.2, 0) is 9.59 Å². The number of anilines is 2. The van der Waals surface area contributed by atoms with E-state index >= 15 is 0 Å². The number of hydrogen-bond acceptors (Lipinski definition) is 6. The van der Waals surface area contributed by atoms with Crippen LogP contribution in [0.15, 0.2) is 28.2 Å². The predicted molar refractivity (Wildman–Crippen MR) is 92.5 cm³/mol. The lowest BCUT2D eigenvalue weighted by molar-refractivity contribution is -0.123. The van der Waals surface area contributed by atoms with Gasteiger partial charge in [-0.25, -0.2) is 18.2 Å². The molecule has 0 bridgehead atoms. The third kappa shape index (κ3) is 5.48. The molecule has 0 radical (unpaired) electrons. The Kier molecular flexibility index (Phi) is 6.45. The van der Waals surface area contributed by atoms with E-state index < -0.39 is 52.3 Å². The maximum absolute atomic E-state index is 13.5. The summed E-state index contributed by atoms with van der Waals surface area (Å²) in [6.45, 7) is 0.957. The van der Waals surface area contributed by atoms with E-state index in [1.165, 1.54) is 6.92 Å². The Morgan fingerprint density at radius 1 is 1.30 bits per heavy atom. The number of aromatic nitrogens is 2. The molecule has 12 heteroatoms. The molecule has 0 aliphatic heterocycles. The summed E-state index contributed by atoms with van der Waals surface area (Å²) in [5, 5.41) is 3.68. The van der Waals surface area contributed by atoms with Crippen LogP contribution in [0.1, 0.15) is 6.92 Å². The van der Waals surface area contributed by atoms with Gasteiger partial charge in [-0.05, 0) is 19.1 Å². The number of hydrogen-bond donors (Lipinski definition) is 4. The van der Waals surface area contributed by atoms with E-state index in [2.05, 4.69) is 15.3 Å². The van der Waals surface area contributed by atoms with Crippen molar-refractivity contribution in [2.45, 2.75) is 17.3 Å². The molecule has 1 atom stereocenters. The molecule has 5 N–H and O–H groups in total. The van der Waals surface area contributed by atoms with E-state index in [0.29, 0.717) is 6.07 Å². The summed E-state index contributed by atoms with van der Waals surface area (Å²) in [4.78, 5) is 41.3. The van der Waals surface area contributed by atoms with Crippen molar-refractivity contribution in [3.8, 4) is 0 Å². The molecule has 0 saturated carbocycles. The Labute approximate surface area is 154 Å². The van der Waals surface area contributed by atoms with Crippen LogP contribution >= 0.6 is 11.8 Å². The number of benzene rings is 1. The van der Waals surface area contributed by atoms with E-state index in [1.807, 2.05) is 5.32 Å². The van der Waals surface area contributed by atoms with Gasteiger partial charge < -0.3 is 21.4 Å². The Morgan fingerprint density at radius 2 is 2.00 bits per heavy atom. The van der Waals surface area contributed by atoms with Crippen molar-refractivity contribution in [1.82, 2.24) is 15.3 Å². The molecule has 0 aliphatic rings. The molecule has 2 rings (SSSR count). The summed E-state index contributed by atoms with van der Waals surface area (Å²) in [5.74, 6) is -6.09. The number of nitrogens with zero attached hydrogens (tertiary/aromatic N) is 1. The van der Waals surface area contributed by atoms with Gasteiger partial charge in [-0.15, -0.1) is 0 Å². The maximum Gasteiger partial charge on any atom is 0.253 e. The number of nitrogen functional groups attached to an aromatic ring is 1. The Bertz CT molecular complexity index is 937. The van der Waals surface area contributed by atoms with Gasteiger partial charge in [0, 0.05) is 6.07 Å². The van der Waals surface area contributed by atoms with E-state index in [9.17, 15) is 27.6 Å². The number of amides is 2. The van der Waals surface area contributed by atoms with Crippen LogP contribution in [0.4, 0.5) is 24.7 Å². The van der Waals surface area contributed by atoms with Crippen molar-refractivity contribution in [1.29, 1.82) is 0 Å². The van der Waals surface area contributed by atoms with Crippen LogP contribution in [0.25, 0.3) is 0 Å². The largest absolute Gasteiger partial charge is 0.383 e. The smallest absolute Gasteiger partial charge is 0.253 e. The lowest BCUT2D eigenvalue weighted by atomic mass is 10.2. The van der Waals surface area contributed by atoms with E-state index in [4.69, 9.17) is 5.73 Å². The average Bonchev–Trinajstić information content (AvgIpc) is 2.59. The number of aromatic amines is 1. The summed E-state index contributed by atoms with van der Waals surface area (Å²) >= 11 is 0.900. The minimum Gasteiger partial charge on any atom is -0.383 e. The molecule has 2 amide bonds. The monoisotopic (exact) mass is 401 g/mol. The molecule has 8 nitrogen and oxygen atoms in total. The molecule has 0 fully saturated rings. The molecule has 0 unspecified atom stereocenters. The minimum atomic E-state index is -1.72. The first-order valence-corrected chi connectivity index (χ1v) is 8.30. The first-order chi connectivity index (χ1) is 12.7. The van der Waals surface area contributed by atoms with E-state index in [0.717, 1.165) is 23.9 Å². The first-order valence-electron chi connectivity index (χ1n) is 7.42. The van der Waals surface area contributed by atoms with Gasteiger partial charge in [-0.3, -0.25) is 14.4 Å². The molecule has 144 valence electrons. The van der Waals surface area contributed by atoms with Crippen molar-refractivity contribution in [3.05, 3.63) is 46.0 Å². The van der Waals surface area contributed by atoms with E-state index in [-0.39, 0.29) is 11.0 Å². The van der Waals surface area contributed by atoms with Gasteiger partial charge >= 0.3 is 0 Å². The fourth-order valence-electron chi connectivity index (χ4n) is 1.86. The van der Waals surface area contributed by atoms with Crippen molar-refractivity contribution in [3.63, 3.8) is 0 Å². The maximum atomic E-state index is 13.5. The van der Waals surface area contributed by atoms with Gasteiger partial charge in [0.05, 0.1) is 17.5 Å². The Hall–Kier alpha value is -3.02. The Morgan fingerprint density at radius 3 is 2.67 bits per heavy atom. The molecule has 0 aliphatic carbocycles. The highest BCUT2D eigenvalue weighted by Crippen LogP contribution is 2.20. The normalized spacial score (nSPS) is 11.7. The van der Waals surface area contributed by atoms with E-state index in [1.54, 1.807) is 0 Å². The highest BCUT2D eigenvalue weighted by molar-refractivity contribution is 8.00. The summed E-state index contributed by atoms with van der Waals surface area (Å²) < 4.78 is 39.4. The van der Waals surface area contributed by atoms with Gasteiger partial charge in [0.25, 0.3) is 5.56 Å². The molecule has 1 aromatic carbocycles. The molecular weight excluding hydrogens is 387 g/mol. The Balaban J connectivity index is 1.89. The van der Waals surface area contributed by atoms with Gasteiger partial charge in [0.2, 0.25) is 11.8 Å². The molecule has 1 aromatic heterocycles. The number of rotatable bonds is 6. The fourth-order valence-corrected chi connectivity index (χ4v) is 2.70. The van der Waals surface area contributed by atoms with Gasteiger partial charge in [-0.2, -0.15) is 0 Å². The lowest BCUT2D eigenvalue weighted by Crippen LogP contribution is -2.37. The second-order valence-corrected chi connectivity index (χ2v) is 6.55. The van der Waals surface area contributed by atoms with Gasteiger partial charge in [0.1, 0.15) is 5.82 Å². The molecular formula is C15H14F3N5O3S. The topological polar surface area (TPSA) is 130 Å². The van der Waals surface area contributed by atoms with Crippen LogP contribution < -0.4 is 21.9 Å². The number of nitrogens with two attached hydrogens (primary N) is 1. The second kappa shape index (κ2) is 8.58. The quantitative estimate of drug-likeness (QED) is 0.325. The molecule has 0 spiro atoms. The standard InChI is InChI=1S/C15H14F3N5O3S/c1-6(27-15-22-9(19)4-10(24)23-15)14(26)20-5-11(25)21-8-3-2-7(16)12(17)13(8)18/h2-4,6H,5H2,1H3,(H,20,26)(H,21,25)(H3,19,22,23,24)/t6-/m0/s1. The fraction of sp³-hybridized carbons (Fsp3) is 0.200. The third-order valence-corrected chi connectivity index (χ3v) is 4.11. The highest BCUT2D eigenvalue weighted by atomic mass is 32.2. The van der Waals surface area contributed by atoms with Crippen molar-refractivity contribution in [2.24, 2.45) is 0 Å². The summed E-state index contributed by atoms with van der Waals surface area (Å²) in [5.41, 5.74) is 4.40. The summed E-state index contributed by atoms with van der Waals surface area (Å²) in [6, 6.07) is 2.59. The number of H-pyrrole nitrogens is 1. The minimum absolute atomic E-state index is 0.0122. The van der Waals surface area contributed by atoms with Crippen LogP contribution in [-0.4, -0.2) is 33.6 Å². The lowest BCUT2D eigenvalue weighted by Gasteiger charge is -2.12. The molecule has 27 heavy (non-hydrogen) atoms. The average molecular weight is 401 g/mol. The van der Waals surface area contributed by atoms with Crippen LogP contribution in [0.5, 0.6) is 0 Å². The zero-order valence-corrected chi connectivity index (χ0v) is 14.6. The number of carbonyl (C=O) groups is 2. The van der Waals surface area contributed by atoms with Crippen molar-refractivity contribution in [2.75, 3.05) is 17.6 Å². The number of nitrogens with one attached hydrogen (secondary N) is 3. The highest BCUT2D eigenvalue weighted by Gasteiger charge is 2.18. The summed E-state index contributed by atoms with van der Waals surface area (Å²) in [6.07, 6.45) is 0. The SMILES string of the molecule is C[C@H](Sc1nc(N)cc(=O)[nH]1)C(=O)NCC(=O)Nc1ccc(F)c(F)c1F. The predicted octanol–water partition coefficient (Wildman–Crippen LogP) is 1.00. The molecule has 0 saturated heterocycles. The van der Waals surface area contributed by atoms with Crippen molar-refractivity contribution >= 4 is 35.1 Å². The molecule has 1 heterocycles. The van der Waals surface area contributed by atoms with Gasteiger partial charge in [0.15, 0.2) is 22.6 Å².